The van der Waals surface area contributed by atoms with Gasteiger partial charge in [-0.3, -0.25) is 0 Å². The maximum absolute atomic E-state index is 4.76. The Balaban J connectivity index is 2.18. The van der Waals surface area contributed by atoms with E-state index in [9.17, 15) is 0 Å². The summed E-state index contributed by atoms with van der Waals surface area (Å²) in [5, 5.41) is 1.28. The molecule has 2 aromatic rings. The van der Waals surface area contributed by atoms with Crippen molar-refractivity contribution in [2.75, 3.05) is 0 Å². The van der Waals surface area contributed by atoms with E-state index in [0.29, 0.717) is 0 Å². The smallest absolute Gasteiger partial charge is 0.0931 e. The highest BCUT2D eigenvalue weighted by molar-refractivity contribution is 7.11. The molecule has 0 spiro atoms. The fourth-order valence-electron chi connectivity index (χ4n) is 1.88. The van der Waals surface area contributed by atoms with Crippen molar-refractivity contribution in [2.45, 2.75) is 46.0 Å². The van der Waals surface area contributed by atoms with Crippen LogP contribution in [0.5, 0.6) is 0 Å². The average Bonchev–Trinajstić information content (AvgIpc) is 2.92. The first-order valence-electron chi connectivity index (χ1n) is 6.28. The Morgan fingerprint density at radius 2 is 2.06 bits per heavy atom. The molecule has 2 heterocycles. The lowest BCUT2D eigenvalue weighted by Crippen LogP contribution is -1.94. The molecule has 0 aliphatic rings. The van der Waals surface area contributed by atoms with Crippen molar-refractivity contribution >= 4 is 11.3 Å². The molecule has 3 nitrogen and oxygen atoms in total. The lowest BCUT2D eigenvalue weighted by atomic mass is 10.2. The minimum Gasteiger partial charge on any atom is -0.348 e. The van der Waals surface area contributed by atoms with Gasteiger partial charge in [-0.2, -0.15) is 0 Å². The first-order chi connectivity index (χ1) is 8.33. The van der Waals surface area contributed by atoms with E-state index in [1.54, 1.807) is 6.33 Å². The Bertz CT molecular complexity index is 445. The molecule has 0 radical (unpaired) electrons. The van der Waals surface area contributed by atoms with E-state index in [2.05, 4.69) is 23.8 Å². The van der Waals surface area contributed by atoms with Crippen LogP contribution < -0.4 is 0 Å². The van der Waals surface area contributed by atoms with E-state index in [0.717, 1.165) is 25.0 Å². The van der Waals surface area contributed by atoms with E-state index < -0.39 is 0 Å². The maximum atomic E-state index is 4.76. The van der Waals surface area contributed by atoms with Crippen LogP contribution in [0.15, 0.2) is 12.5 Å². The Morgan fingerprint density at radius 3 is 2.71 bits per heavy atom. The van der Waals surface area contributed by atoms with Crippen LogP contribution >= 0.6 is 11.3 Å². The Morgan fingerprint density at radius 1 is 1.24 bits per heavy atom. The lowest BCUT2D eigenvalue weighted by Gasteiger charge is -1.98. The minimum atomic E-state index is 0.884. The summed E-state index contributed by atoms with van der Waals surface area (Å²) < 4.78 is 0. The second-order valence-corrected chi connectivity index (χ2v) is 5.40. The first-order valence-corrected chi connectivity index (χ1v) is 7.09. The molecular formula is C13H19N3S. The molecule has 92 valence electrons. The van der Waals surface area contributed by atoms with Gasteiger partial charge >= 0.3 is 0 Å². The van der Waals surface area contributed by atoms with Gasteiger partial charge in [-0.1, -0.05) is 20.3 Å². The zero-order valence-corrected chi connectivity index (χ0v) is 11.3. The molecule has 17 heavy (non-hydrogen) atoms. The molecule has 0 amide bonds. The molecule has 0 saturated carbocycles. The van der Waals surface area contributed by atoms with Gasteiger partial charge in [-0.05, 0) is 19.3 Å². The van der Waals surface area contributed by atoms with Crippen molar-refractivity contribution in [1.82, 2.24) is 15.0 Å². The van der Waals surface area contributed by atoms with Gasteiger partial charge in [0.2, 0.25) is 0 Å². The molecule has 0 atom stereocenters. The second kappa shape index (κ2) is 5.96. The van der Waals surface area contributed by atoms with Crippen LogP contribution in [-0.2, 0) is 19.3 Å². The third-order valence-electron chi connectivity index (χ3n) is 2.68. The quantitative estimate of drug-likeness (QED) is 0.853. The summed E-state index contributed by atoms with van der Waals surface area (Å²) in [4.78, 5) is 13.4. The second-order valence-electron chi connectivity index (χ2n) is 4.23. The normalized spacial score (nSPS) is 10.9. The average molecular weight is 249 g/mol. The highest BCUT2D eigenvalue weighted by Crippen LogP contribution is 2.23. The van der Waals surface area contributed by atoms with Crippen LogP contribution in [-0.4, -0.2) is 15.0 Å². The first kappa shape index (κ1) is 12.3. The van der Waals surface area contributed by atoms with Crippen molar-refractivity contribution in [3.05, 3.63) is 33.8 Å². The third-order valence-corrected chi connectivity index (χ3v) is 3.89. The largest absolute Gasteiger partial charge is 0.348 e. The predicted molar refractivity (Wildman–Crippen MR) is 71.5 cm³/mol. The van der Waals surface area contributed by atoms with E-state index in [-0.39, 0.29) is 0 Å². The number of hydrogen-bond donors (Lipinski definition) is 1. The standard InChI is InChI=1S/C13H19N3S/c1-3-5-12-11(7-10-8-14-9-15-10)16-13(17-12)6-4-2/h8-9H,3-7H2,1-2H3,(H,14,15). The van der Waals surface area contributed by atoms with Crippen LogP contribution in [0.4, 0.5) is 0 Å². The minimum absolute atomic E-state index is 0.884. The van der Waals surface area contributed by atoms with Crippen molar-refractivity contribution in [3.8, 4) is 0 Å². The SMILES string of the molecule is CCCc1nc(Cc2cnc[nH]2)c(CCC)s1. The van der Waals surface area contributed by atoms with Gasteiger partial charge in [0.15, 0.2) is 0 Å². The fraction of sp³-hybridized carbons (Fsp3) is 0.538. The summed E-state index contributed by atoms with van der Waals surface area (Å²) >= 11 is 1.89. The third kappa shape index (κ3) is 3.16. The Labute approximate surface area is 106 Å². The number of nitrogens with zero attached hydrogens (tertiary/aromatic N) is 2. The number of nitrogens with one attached hydrogen (secondary N) is 1. The van der Waals surface area contributed by atoms with Crippen LogP contribution in [0.25, 0.3) is 0 Å². The number of aromatic amines is 1. The molecule has 0 aliphatic heterocycles. The van der Waals surface area contributed by atoms with Crippen LogP contribution in [0.2, 0.25) is 0 Å². The van der Waals surface area contributed by atoms with Gasteiger partial charge in [0.25, 0.3) is 0 Å². The number of H-pyrrole nitrogens is 1. The van der Waals surface area contributed by atoms with Gasteiger partial charge in [0.05, 0.1) is 17.0 Å². The number of aromatic nitrogens is 3. The van der Waals surface area contributed by atoms with Crippen molar-refractivity contribution in [2.24, 2.45) is 0 Å². The van der Waals surface area contributed by atoms with Gasteiger partial charge in [-0.25, -0.2) is 9.97 Å². The van der Waals surface area contributed by atoms with E-state index in [1.165, 1.54) is 28.4 Å². The zero-order chi connectivity index (χ0) is 12.1. The molecule has 0 aliphatic carbocycles. The Hall–Kier alpha value is -1.16. The van der Waals surface area contributed by atoms with Crippen molar-refractivity contribution in [1.29, 1.82) is 0 Å². The Kier molecular flexibility index (Phi) is 4.31. The number of thiazole rings is 1. The topological polar surface area (TPSA) is 41.6 Å². The predicted octanol–water partition coefficient (Wildman–Crippen LogP) is 3.36. The summed E-state index contributed by atoms with van der Waals surface area (Å²) in [6.45, 7) is 4.43. The molecule has 4 heteroatoms. The monoisotopic (exact) mass is 249 g/mol. The number of imidazole rings is 1. The van der Waals surface area contributed by atoms with Gasteiger partial charge in [0.1, 0.15) is 0 Å². The summed E-state index contributed by atoms with van der Waals surface area (Å²) in [6.07, 6.45) is 9.10. The van der Waals surface area contributed by atoms with Crippen molar-refractivity contribution in [3.63, 3.8) is 0 Å². The van der Waals surface area contributed by atoms with E-state index >= 15 is 0 Å². The summed E-state index contributed by atoms with van der Waals surface area (Å²) in [5.74, 6) is 0. The lowest BCUT2D eigenvalue weighted by molar-refractivity contribution is 0.879. The molecule has 0 bridgehead atoms. The van der Waals surface area contributed by atoms with Crippen LogP contribution in [0.3, 0.4) is 0 Å². The number of aryl methyl sites for hydroxylation is 2. The zero-order valence-electron chi connectivity index (χ0n) is 10.5. The molecule has 0 aromatic carbocycles. The summed E-state index contributed by atoms with van der Waals surface area (Å²) in [6, 6.07) is 0. The number of rotatable bonds is 6. The maximum Gasteiger partial charge on any atom is 0.0931 e. The van der Waals surface area contributed by atoms with Crippen LogP contribution in [0.1, 0.15) is 48.0 Å². The van der Waals surface area contributed by atoms with Gasteiger partial charge in [-0.15, -0.1) is 11.3 Å². The summed E-state index contributed by atoms with van der Waals surface area (Å²) in [7, 11) is 0. The molecule has 0 saturated heterocycles. The fourth-order valence-corrected chi connectivity index (χ4v) is 3.17. The highest BCUT2D eigenvalue weighted by atomic mass is 32.1. The molecule has 2 rings (SSSR count). The van der Waals surface area contributed by atoms with Gasteiger partial charge in [0, 0.05) is 23.2 Å². The molecular weight excluding hydrogens is 230 g/mol. The van der Waals surface area contributed by atoms with E-state index in [1.807, 2.05) is 17.5 Å². The van der Waals surface area contributed by atoms with Crippen molar-refractivity contribution < 1.29 is 0 Å². The van der Waals surface area contributed by atoms with E-state index in [4.69, 9.17) is 4.98 Å². The molecule has 0 fully saturated rings. The highest BCUT2D eigenvalue weighted by Gasteiger charge is 2.11. The molecule has 1 N–H and O–H groups in total. The molecule has 2 aromatic heterocycles. The molecule has 0 unspecified atom stereocenters. The number of hydrogen-bond acceptors (Lipinski definition) is 3. The summed E-state index contributed by atoms with van der Waals surface area (Å²) in [5.41, 5.74) is 2.39. The van der Waals surface area contributed by atoms with Gasteiger partial charge < -0.3 is 4.98 Å². The van der Waals surface area contributed by atoms with Crippen LogP contribution in [0, 0.1) is 0 Å².